The Balaban J connectivity index is 1.61. The summed E-state index contributed by atoms with van der Waals surface area (Å²) in [5.41, 5.74) is 1.02. The molecule has 0 atom stereocenters. The van der Waals surface area contributed by atoms with Crippen molar-refractivity contribution in [1.82, 2.24) is 0 Å². The minimum absolute atomic E-state index is 0.00304. The van der Waals surface area contributed by atoms with E-state index in [0.29, 0.717) is 11.3 Å². The Kier molecular flexibility index (Phi) is 4.97. The van der Waals surface area contributed by atoms with E-state index in [4.69, 9.17) is 9.84 Å². The van der Waals surface area contributed by atoms with Gasteiger partial charge in [0.25, 0.3) is 0 Å². The number of nitrogens with one attached hydrogen (secondary N) is 1. The van der Waals surface area contributed by atoms with E-state index >= 15 is 0 Å². The van der Waals surface area contributed by atoms with E-state index < -0.39 is 11.8 Å². The minimum Gasteiger partial charge on any atom is -0.487 e. The van der Waals surface area contributed by atoms with E-state index in [1.165, 1.54) is 24.3 Å². The third kappa shape index (κ3) is 4.35. The fraction of sp³-hybridized carbons (Fsp3) is 0.263. The number of carboxylic acids is 1. The van der Waals surface area contributed by atoms with Crippen molar-refractivity contribution in [3.05, 3.63) is 59.4 Å². The molecule has 2 aromatic rings. The first-order chi connectivity index (χ1) is 12.0. The topological polar surface area (TPSA) is 75.6 Å². The number of benzene rings is 2. The zero-order valence-electron chi connectivity index (χ0n) is 13.5. The lowest BCUT2D eigenvalue weighted by Gasteiger charge is -2.26. The van der Waals surface area contributed by atoms with Crippen molar-refractivity contribution in [1.29, 1.82) is 0 Å². The van der Waals surface area contributed by atoms with Gasteiger partial charge in [0.1, 0.15) is 0 Å². The smallest absolute Gasteiger partial charge is 0.335 e. The van der Waals surface area contributed by atoms with Gasteiger partial charge in [0.2, 0.25) is 5.91 Å². The van der Waals surface area contributed by atoms with E-state index in [1.54, 1.807) is 18.2 Å². The summed E-state index contributed by atoms with van der Waals surface area (Å²) in [6.45, 7) is 0. The molecule has 6 heteroatoms. The second-order valence-corrected chi connectivity index (χ2v) is 6.05. The fourth-order valence-electron chi connectivity index (χ4n) is 2.55. The molecule has 0 radical (unpaired) electrons. The van der Waals surface area contributed by atoms with Crippen LogP contribution in [0, 0.1) is 5.82 Å². The predicted octanol–water partition coefficient (Wildman–Crippen LogP) is 3.64. The maximum Gasteiger partial charge on any atom is 0.335 e. The predicted molar refractivity (Wildman–Crippen MR) is 90.4 cm³/mol. The lowest BCUT2D eigenvalue weighted by molar-refractivity contribution is -0.115. The standard InChI is InChI=1S/C19H18FNO4/c20-16-11-14(7-8-17(16)25-15-5-2-6-15)21-18(22)10-12-3-1-4-13(9-12)19(23)24/h1,3-4,7-9,11,15H,2,5-6,10H2,(H,21,22)(H,23,24). The molecule has 0 unspecified atom stereocenters. The van der Waals surface area contributed by atoms with Crippen molar-refractivity contribution in [2.75, 3.05) is 5.32 Å². The molecule has 25 heavy (non-hydrogen) atoms. The van der Waals surface area contributed by atoms with Crippen LogP contribution in [0.1, 0.15) is 35.2 Å². The highest BCUT2D eigenvalue weighted by molar-refractivity contribution is 5.93. The zero-order valence-corrected chi connectivity index (χ0v) is 13.5. The monoisotopic (exact) mass is 343 g/mol. The van der Waals surface area contributed by atoms with Crippen LogP contribution in [-0.2, 0) is 11.2 Å². The molecule has 2 aromatic carbocycles. The van der Waals surface area contributed by atoms with Crippen LogP contribution in [0.15, 0.2) is 42.5 Å². The number of carbonyl (C=O) groups excluding carboxylic acids is 1. The minimum atomic E-state index is -1.05. The molecule has 1 saturated carbocycles. The van der Waals surface area contributed by atoms with Crippen molar-refractivity contribution in [2.24, 2.45) is 0 Å². The van der Waals surface area contributed by atoms with Gasteiger partial charge in [-0.2, -0.15) is 0 Å². The number of rotatable bonds is 6. The van der Waals surface area contributed by atoms with Crippen LogP contribution in [0.3, 0.4) is 0 Å². The third-order valence-electron chi connectivity index (χ3n) is 4.10. The van der Waals surface area contributed by atoms with Crippen LogP contribution in [0.2, 0.25) is 0 Å². The molecule has 0 heterocycles. The molecule has 1 fully saturated rings. The Hall–Kier alpha value is -2.89. The van der Waals surface area contributed by atoms with Crippen LogP contribution in [0.25, 0.3) is 0 Å². The molecule has 3 rings (SSSR count). The molecule has 5 nitrogen and oxygen atoms in total. The summed E-state index contributed by atoms with van der Waals surface area (Å²) in [4.78, 5) is 23.0. The molecule has 0 aliphatic heterocycles. The molecule has 0 aromatic heterocycles. The number of anilines is 1. The van der Waals surface area contributed by atoms with Crippen molar-refractivity contribution >= 4 is 17.6 Å². The molecule has 0 bridgehead atoms. The van der Waals surface area contributed by atoms with Crippen molar-refractivity contribution in [3.63, 3.8) is 0 Å². The number of ether oxygens (including phenoxy) is 1. The zero-order chi connectivity index (χ0) is 17.8. The van der Waals surface area contributed by atoms with E-state index in [9.17, 15) is 14.0 Å². The van der Waals surface area contributed by atoms with Gasteiger partial charge in [-0.1, -0.05) is 12.1 Å². The largest absolute Gasteiger partial charge is 0.487 e. The highest BCUT2D eigenvalue weighted by atomic mass is 19.1. The van der Waals surface area contributed by atoms with E-state index in [1.807, 2.05) is 0 Å². The van der Waals surface area contributed by atoms with Gasteiger partial charge < -0.3 is 15.2 Å². The van der Waals surface area contributed by atoms with Gasteiger partial charge in [0.05, 0.1) is 18.1 Å². The van der Waals surface area contributed by atoms with Crippen LogP contribution < -0.4 is 10.1 Å². The highest BCUT2D eigenvalue weighted by Crippen LogP contribution is 2.28. The molecule has 1 aliphatic rings. The summed E-state index contributed by atoms with van der Waals surface area (Å²) in [6.07, 6.45) is 3.06. The fourth-order valence-corrected chi connectivity index (χ4v) is 2.55. The molecule has 130 valence electrons. The van der Waals surface area contributed by atoms with Gasteiger partial charge in [-0.3, -0.25) is 4.79 Å². The molecule has 1 amide bonds. The van der Waals surface area contributed by atoms with E-state index in [2.05, 4.69) is 5.32 Å². The quantitative estimate of drug-likeness (QED) is 0.840. The maximum atomic E-state index is 14.0. The lowest BCUT2D eigenvalue weighted by Crippen LogP contribution is -2.25. The summed E-state index contributed by atoms with van der Waals surface area (Å²) in [5, 5.41) is 11.6. The first kappa shape index (κ1) is 17.0. The molecule has 0 saturated heterocycles. The summed E-state index contributed by atoms with van der Waals surface area (Å²) in [6, 6.07) is 10.5. The van der Waals surface area contributed by atoms with E-state index in [0.717, 1.165) is 19.3 Å². The van der Waals surface area contributed by atoms with Crippen LogP contribution in [0.4, 0.5) is 10.1 Å². The lowest BCUT2D eigenvalue weighted by atomic mass is 9.96. The first-order valence-electron chi connectivity index (χ1n) is 8.09. The van der Waals surface area contributed by atoms with Gasteiger partial charge in [-0.05, 0) is 49.1 Å². The van der Waals surface area contributed by atoms with Gasteiger partial charge in [-0.25, -0.2) is 9.18 Å². The van der Waals surface area contributed by atoms with Crippen LogP contribution in [-0.4, -0.2) is 23.1 Å². The average molecular weight is 343 g/mol. The first-order valence-corrected chi connectivity index (χ1v) is 8.09. The number of carboxylic acid groups (broad SMARTS) is 1. The third-order valence-corrected chi connectivity index (χ3v) is 4.10. The Labute approximate surface area is 144 Å². The second kappa shape index (κ2) is 7.34. The molecular formula is C19H18FNO4. The van der Waals surface area contributed by atoms with Gasteiger partial charge in [0, 0.05) is 11.8 Å². The van der Waals surface area contributed by atoms with Gasteiger partial charge in [-0.15, -0.1) is 0 Å². The summed E-state index contributed by atoms with van der Waals surface area (Å²) in [5.74, 6) is -1.73. The molecule has 1 aliphatic carbocycles. The number of aromatic carboxylic acids is 1. The second-order valence-electron chi connectivity index (χ2n) is 6.05. The van der Waals surface area contributed by atoms with Crippen molar-refractivity contribution in [2.45, 2.75) is 31.8 Å². The molecule has 0 spiro atoms. The number of halogens is 1. The summed E-state index contributed by atoms with van der Waals surface area (Å²) < 4.78 is 19.6. The van der Waals surface area contributed by atoms with Crippen LogP contribution in [0.5, 0.6) is 5.75 Å². The Morgan fingerprint density at radius 2 is 2.00 bits per heavy atom. The Bertz CT molecular complexity index is 802. The van der Waals surface area contributed by atoms with Gasteiger partial charge >= 0.3 is 5.97 Å². The van der Waals surface area contributed by atoms with Crippen LogP contribution >= 0.6 is 0 Å². The summed E-state index contributed by atoms with van der Waals surface area (Å²) in [7, 11) is 0. The summed E-state index contributed by atoms with van der Waals surface area (Å²) >= 11 is 0. The van der Waals surface area contributed by atoms with Crippen molar-refractivity contribution < 1.29 is 23.8 Å². The molecular weight excluding hydrogens is 325 g/mol. The Morgan fingerprint density at radius 1 is 1.20 bits per heavy atom. The number of hydrogen-bond donors (Lipinski definition) is 2. The number of hydrogen-bond acceptors (Lipinski definition) is 3. The Morgan fingerprint density at radius 3 is 2.64 bits per heavy atom. The number of carbonyl (C=O) groups is 2. The maximum absolute atomic E-state index is 14.0. The highest BCUT2D eigenvalue weighted by Gasteiger charge is 2.20. The molecule has 2 N–H and O–H groups in total. The van der Waals surface area contributed by atoms with E-state index in [-0.39, 0.29) is 29.7 Å². The number of amides is 1. The van der Waals surface area contributed by atoms with Crippen molar-refractivity contribution in [3.8, 4) is 5.75 Å². The normalized spacial score (nSPS) is 13.8. The SMILES string of the molecule is O=C(Cc1cccc(C(=O)O)c1)Nc1ccc(OC2CCC2)c(F)c1. The van der Waals surface area contributed by atoms with Gasteiger partial charge in [0.15, 0.2) is 11.6 Å². The average Bonchev–Trinajstić information content (AvgIpc) is 2.52.